The van der Waals surface area contributed by atoms with Crippen LogP contribution in [0.25, 0.3) is 0 Å². The van der Waals surface area contributed by atoms with E-state index in [0.717, 1.165) is 23.6 Å². The van der Waals surface area contributed by atoms with E-state index in [2.05, 4.69) is 53.8 Å². The Balaban J connectivity index is 2.25. The quantitative estimate of drug-likeness (QED) is 0.852. The second kappa shape index (κ2) is 6.05. The average molecular weight is 288 g/mol. The first-order chi connectivity index (χ1) is 9.51. The number of benzene rings is 1. The third-order valence-electron chi connectivity index (χ3n) is 3.26. The van der Waals surface area contributed by atoms with E-state index in [9.17, 15) is 0 Å². The summed E-state index contributed by atoms with van der Waals surface area (Å²) >= 11 is 5.15. The summed E-state index contributed by atoms with van der Waals surface area (Å²) in [4.78, 5) is 0. The number of anilines is 1. The van der Waals surface area contributed by atoms with E-state index in [-0.39, 0.29) is 0 Å². The van der Waals surface area contributed by atoms with Gasteiger partial charge >= 0.3 is 0 Å². The number of hydrogen-bond acceptors (Lipinski definition) is 2. The molecule has 2 rings (SSSR count). The fourth-order valence-electron chi connectivity index (χ4n) is 2.19. The van der Waals surface area contributed by atoms with Crippen LogP contribution in [0.1, 0.15) is 22.5 Å². The van der Waals surface area contributed by atoms with Crippen LogP contribution in [-0.2, 0) is 6.54 Å². The highest BCUT2D eigenvalue weighted by Gasteiger charge is 2.12. The van der Waals surface area contributed by atoms with Crippen molar-refractivity contribution in [1.82, 2.24) is 15.1 Å². The standard InChI is InChI=1S/C15H20N4S/c1-10-6-5-7-13(8-10)9-19-12(3)14(11(2)18-19)17-15(20)16-4/h5-8H,9H2,1-4H3,(H2,16,17,20). The lowest BCUT2D eigenvalue weighted by Crippen LogP contribution is -2.24. The van der Waals surface area contributed by atoms with Gasteiger partial charge in [0.1, 0.15) is 0 Å². The van der Waals surface area contributed by atoms with Gasteiger partial charge in [-0.25, -0.2) is 0 Å². The molecule has 0 unspecified atom stereocenters. The Kier molecular flexibility index (Phi) is 4.39. The number of nitrogens with one attached hydrogen (secondary N) is 2. The number of hydrogen-bond donors (Lipinski definition) is 2. The summed E-state index contributed by atoms with van der Waals surface area (Å²) in [6.07, 6.45) is 0. The maximum atomic E-state index is 5.15. The second-order valence-electron chi connectivity index (χ2n) is 4.90. The zero-order valence-electron chi connectivity index (χ0n) is 12.3. The van der Waals surface area contributed by atoms with Crippen LogP contribution in [0, 0.1) is 20.8 Å². The SMILES string of the molecule is CNC(=S)Nc1c(C)nn(Cc2cccc(C)c2)c1C. The van der Waals surface area contributed by atoms with Crippen LogP contribution in [0.4, 0.5) is 5.69 Å². The van der Waals surface area contributed by atoms with E-state index < -0.39 is 0 Å². The minimum Gasteiger partial charge on any atom is -0.366 e. The summed E-state index contributed by atoms with van der Waals surface area (Å²) in [6, 6.07) is 8.48. The van der Waals surface area contributed by atoms with Crippen molar-refractivity contribution in [3.05, 3.63) is 46.8 Å². The second-order valence-corrected chi connectivity index (χ2v) is 5.30. The van der Waals surface area contributed by atoms with Crippen LogP contribution in [0.5, 0.6) is 0 Å². The van der Waals surface area contributed by atoms with E-state index in [1.54, 1.807) is 7.05 Å². The largest absolute Gasteiger partial charge is 0.366 e. The lowest BCUT2D eigenvalue weighted by atomic mass is 10.1. The third-order valence-corrected chi connectivity index (χ3v) is 3.57. The number of aromatic nitrogens is 2. The van der Waals surface area contributed by atoms with Crippen LogP contribution in [0.3, 0.4) is 0 Å². The molecule has 5 heteroatoms. The lowest BCUT2D eigenvalue weighted by molar-refractivity contribution is 0.659. The molecule has 0 radical (unpaired) electrons. The summed E-state index contributed by atoms with van der Waals surface area (Å²) < 4.78 is 2.00. The fraction of sp³-hybridized carbons (Fsp3) is 0.333. The molecule has 1 aromatic heterocycles. The van der Waals surface area contributed by atoms with Gasteiger partial charge in [0.05, 0.1) is 23.6 Å². The molecule has 0 atom stereocenters. The van der Waals surface area contributed by atoms with Crippen molar-refractivity contribution >= 4 is 23.0 Å². The summed E-state index contributed by atoms with van der Waals surface area (Å²) in [5, 5.41) is 11.3. The third kappa shape index (κ3) is 3.17. The molecule has 0 aliphatic rings. The van der Waals surface area contributed by atoms with Gasteiger partial charge in [-0.15, -0.1) is 0 Å². The van der Waals surface area contributed by atoms with Gasteiger partial charge in [-0.05, 0) is 38.6 Å². The maximum Gasteiger partial charge on any atom is 0.170 e. The lowest BCUT2D eigenvalue weighted by Gasteiger charge is -2.08. The summed E-state index contributed by atoms with van der Waals surface area (Å²) in [5.41, 5.74) is 5.53. The van der Waals surface area contributed by atoms with E-state index in [0.29, 0.717) is 5.11 Å². The number of thiocarbonyl (C=S) groups is 1. The monoisotopic (exact) mass is 288 g/mol. The molecule has 106 valence electrons. The van der Waals surface area contributed by atoms with Gasteiger partial charge in [-0.2, -0.15) is 5.10 Å². The van der Waals surface area contributed by atoms with Crippen LogP contribution in [-0.4, -0.2) is 21.9 Å². The van der Waals surface area contributed by atoms with Gasteiger partial charge < -0.3 is 10.6 Å². The molecule has 0 aliphatic carbocycles. The fourth-order valence-corrected chi connectivity index (χ4v) is 2.29. The first-order valence-corrected chi connectivity index (χ1v) is 7.00. The first-order valence-electron chi connectivity index (χ1n) is 6.59. The molecule has 2 aromatic rings. The number of rotatable bonds is 3. The molecule has 1 aromatic carbocycles. The van der Waals surface area contributed by atoms with Crippen molar-refractivity contribution in [2.24, 2.45) is 0 Å². The molecule has 20 heavy (non-hydrogen) atoms. The predicted molar refractivity (Wildman–Crippen MR) is 87.3 cm³/mol. The predicted octanol–water partition coefficient (Wildman–Crippen LogP) is 2.77. The molecule has 0 fully saturated rings. The Morgan fingerprint density at radius 2 is 2.05 bits per heavy atom. The zero-order valence-corrected chi connectivity index (χ0v) is 13.1. The number of nitrogens with zero attached hydrogens (tertiary/aromatic N) is 2. The molecule has 0 aliphatic heterocycles. The molecule has 0 saturated heterocycles. The molecule has 2 N–H and O–H groups in total. The van der Waals surface area contributed by atoms with Crippen molar-refractivity contribution in [1.29, 1.82) is 0 Å². The average Bonchev–Trinajstić information content (AvgIpc) is 2.66. The van der Waals surface area contributed by atoms with Gasteiger partial charge in [0.25, 0.3) is 0 Å². The smallest absolute Gasteiger partial charge is 0.170 e. The van der Waals surface area contributed by atoms with Gasteiger partial charge in [0.15, 0.2) is 5.11 Å². The molecule has 1 heterocycles. The molecular weight excluding hydrogens is 268 g/mol. The summed E-state index contributed by atoms with van der Waals surface area (Å²) in [7, 11) is 1.80. The molecule has 0 bridgehead atoms. The van der Waals surface area contributed by atoms with Crippen molar-refractivity contribution in [2.75, 3.05) is 12.4 Å². The highest BCUT2D eigenvalue weighted by atomic mass is 32.1. The Bertz CT molecular complexity index is 631. The van der Waals surface area contributed by atoms with E-state index in [1.807, 2.05) is 11.6 Å². The minimum atomic E-state index is 0.603. The maximum absolute atomic E-state index is 5.15. The van der Waals surface area contributed by atoms with Crippen LogP contribution in [0.15, 0.2) is 24.3 Å². The Morgan fingerprint density at radius 3 is 2.70 bits per heavy atom. The van der Waals surface area contributed by atoms with Gasteiger partial charge in [-0.1, -0.05) is 29.8 Å². The Hall–Kier alpha value is -1.88. The van der Waals surface area contributed by atoms with Crippen LogP contribution >= 0.6 is 12.2 Å². The highest BCUT2D eigenvalue weighted by Crippen LogP contribution is 2.20. The van der Waals surface area contributed by atoms with Gasteiger partial charge in [0, 0.05) is 7.05 Å². The molecule has 0 spiro atoms. The molecule has 4 nitrogen and oxygen atoms in total. The van der Waals surface area contributed by atoms with Gasteiger partial charge in [0.2, 0.25) is 0 Å². The molecule has 0 saturated carbocycles. The molecular formula is C15H20N4S. The first kappa shape index (κ1) is 14.5. The van der Waals surface area contributed by atoms with E-state index in [4.69, 9.17) is 12.2 Å². The zero-order chi connectivity index (χ0) is 14.7. The van der Waals surface area contributed by atoms with E-state index in [1.165, 1.54) is 11.1 Å². The van der Waals surface area contributed by atoms with E-state index >= 15 is 0 Å². The van der Waals surface area contributed by atoms with Crippen LogP contribution in [0.2, 0.25) is 0 Å². The van der Waals surface area contributed by atoms with Crippen molar-refractivity contribution in [3.8, 4) is 0 Å². The van der Waals surface area contributed by atoms with Crippen molar-refractivity contribution < 1.29 is 0 Å². The normalized spacial score (nSPS) is 10.4. The van der Waals surface area contributed by atoms with Crippen molar-refractivity contribution in [2.45, 2.75) is 27.3 Å². The number of aryl methyl sites for hydroxylation is 2. The molecule has 0 amide bonds. The van der Waals surface area contributed by atoms with Crippen LogP contribution < -0.4 is 10.6 Å². The summed E-state index contributed by atoms with van der Waals surface area (Å²) in [5.74, 6) is 0. The minimum absolute atomic E-state index is 0.603. The highest BCUT2D eigenvalue weighted by molar-refractivity contribution is 7.80. The summed E-state index contributed by atoms with van der Waals surface area (Å²) in [6.45, 7) is 6.90. The Morgan fingerprint density at radius 1 is 1.30 bits per heavy atom. The topological polar surface area (TPSA) is 41.9 Å². The van der Waals surface area contributed by atoms with Gasteiger partial charge in [-0.3, -0.25) is 4.68 Å². The van der Waals surface area contributed by atoms with Crippen molar-refractivity contribution in [3.63, 3.8) is 0 Å². The Labute approximate surface area is 125 Å².